The van der Waals surface area contributed by atoms with E-state index in [0.29, 0.717) is 19.0 Å². The summed E-state index contributed by atoms with van der Waals surface area (Å²) in [4.78, 5) is 15.9. The van der Waals surface area contributed by atoms with E-state index in [0.717, 1.165) is 18.4 Å². The van der Waals surface area contributed by atoms with Gasteiger partial charge in [-0.3, -0.25) is 0 Å². The zero-order valence-corrected chi connectivity index (χ0v) is 11.9. The quantitative estimate of drug-likeness (QED) is 0.796. The van der Waals surface area contributed by atoms with Crippen LogP contribution in [-0.4, -0.2) is 23.7 Å². The summed E-state index contributed by atoms with van der Waals surface area (Å²) < 4.78 is 5.41. The van der Waals surface area contributed by atoms with E-state index >= 15 is 0 Å². The van der Waals surface area contributed by atoms with Gasteiger partial charge in [0.1, 0.15) is 0 Å². The van der Waals surface area contributed by atoms with Crippen molar-refractivity contribution in [1.29, 1.82) is 0 Å². The average Bonchev–Trinajstić information content (AvgIpc) is 2.44. The number of pyridine rings is 1. The van der Waals surface area contributed by atoms with Crippen LogP contribution < -0.4 is 15.4 Å². The SMILES string of the molecule is CCOc1ncccc1CNC(=O)NC(CC)CC. The summed E-state index contributed by atoms with van der Waals surface area (Å²) in [5, 5.41) is 5.75. The van der Waals surface area contributed by atoms with E-state index in [4.69, 9.17) is 4.74 Å². The maximum atomic E-state index is 11.7. The second-order valence-electron chi connectivity index (χ2n) is 4.24. The summed E-state index contributed by atoms with van der Waals surface area (Å²) in [5.74, 6) is 0.577. The lowest BCUT2D eigenvalue weighted by molar-refractivity contribution is 0.235. The van der Waals surface area contributed by atoms with Crippen molar-refractivity contribution in [2.45, 2.75) is 46.2 Å². The van der Waals surface area contributed by atoms with Gasteiger partial charge in [-0.15, -0.1) is 0 Å². The average molecular weight is 265 g/mol. The normalized spacial score (nSPS) is 10.3. The largest absolute Gasteiger partial charge is 0.478 e. The second kappa shape index (κ2) is 8.34. The van der Waals surface area contributed by atoms with E-state index < -0.39 is 0 Å². The fraction of sp³-hybridized carbons (Fsp3) is 0.571. The summed E-state index contributed by atoms with van der Waals surface area (Å²) in [7, 11) is 0. The molecule has 0 unspecified atom stereocenters. The molecule has 0 aliphatic rings. The smallest absolute Gasteiger partial charge is 0.315 e. The van der Waals surface area contributed by atoms with E-state index in [1.165, 1.54) is 0 Å². The molecule has 1 aromatic heterocycles. The standard InChI is InChI=1S/C14H23N3O2/c1-4-12(5-2)17-14(18)16-10-11-8-7-9-15-13(11)19-6-3/h7-9,12H,4-6,10H2,1-3H3,(H2,16,17,18). The molecule has 0 aliphatic heterocycles. The molecule has 0 radical (unpaired) electrons. The highest BCUT2D eigenvalue weighted by Gasteiger charge is 2.09. The minimum absolute atomic E-state index is 0.153. The van der Waals surface area contributed by atoms with Crippen molar-refractivity contribution in [3.05, 3.63) is 23.9 Å². The van der Waals surface area contributed by atoms with Gasteiger partial charge in [0.2, 0.25) is 5.88 Å². The molecular weight excluding hydrogens is 242 g/mol. The maximum absolute atomic E-state index is 11.7. The van der Waals surface area contributed by atoms with Gasteiger partial charge in [0, 0.05) is 24.3 Å². The van der Waals surface area contributed by atoms with Crippen LogP contribution in [0.3, 0.4) is 0 Å². The molecule has 2 amide bonds. The number of hydrogen-bond donors (Lipinski definition) is 2. The molecule has 0 spiro atoms. The number of ether oxygens (including phenoxy) is 1. The molecule has 0 bridgehead atoms. The third-order valence-corrected chi connectivity index (χ3v) is 2.89. The van der Waals surface area contributed by atoms with Gasteiger partial charge >= 0.3 is 6.03 Å². The Bertz CT molecular complexity index is 392. The predicted octanol–water partition coefficient (Wildman–Crippen LogP) is 2.47. The van der Waals surface area contributed by atoms with Gasteiger partial charge in [-0.1, -0.05) is 19.9 Å². The van der Waals surface area contributed by atoms with E-state index in [-0.39, 0.29) is 12.1 Å². The zero-order valence-electron chi connectivity index (χ0n) is 11.9. The molecule has 0 aliphatic carbocycles. The van der Waals surface area contributed by atoms with Crippen LogP contribution in [0.25, 0.3) is 0 Å². The number of hydrogen-bond acceptors (Lipinski definition) is 3. The minimum Gasteiger partial charge on any atom is -0.478 e. The molecule has 0 saturated carbocycles. The molecule has 1 heterocycles. The van der Waals surface area contributed by atoms with E-state index in [9.17, 15) is 4.79 Å². The van der Waals surface area contributed by atoms with Crippen molar-refractivity contribution in [3.63, 3.8) is 0 Å². The van der Waals surface area contributed by atoms with Crippen molar-refractivity contribution in [2.75, 3.05) is 6.61 Å². The molecule has 1 rings (SSSR count). The van der Waals surface area contributed by atoms with Crippen LogP contribution in [0.15, 0.2) is 18.3 Å². The van der Waals surface area contributed by atoms with Gasteiger partial charge in [0.25, 0.3) is 0 Å². The lowest BCUT2D eigenvalue weighted by Crippen LogP contribution is -2.41. The molecule has 5 nitrogen and oxygen atoms in total. The Morgan fingerprint density at radius 1 is 1.37 bits per heavy atom. The maximum Gasteiger partial charge on any atom is 0.315 e. The van der Waals surface area contributed by atoms with Crippen LogP contribution in [0, 0.1) is 0 Å². The van der Waals surface area contributed by atoms with Crippen molar-refractivity contribution in [3.8, 4) is 5.88 Å². The van der Waals surface area contributed by atoms with E-state index in [2.05, 4.69) is 29.5 Å². The molecule has 0 atom stereocenters. The Hall–Kier alpha value is -1.78. The highest BCUT2D eigenvalue weighted by atomic mass is 16.5. The van der Waals surface area contributed by atoms with Crippen LogP contribution in [0.2, 0.25) is 0 Å². The number of carbonyl (C=O) groups excluding carboxylic acids is 1. The molecule has 0 aromatic carbocycles. The van der Waals surface area contributed by atoms with Gasteiger partial charge in [0.05, 0.1) is 6.61 Å². The first-order chi connectivity index (χ1) is 9.21. The van der Waals surface area contributed by atoms with Crippen LogP contribution in [0.5, 0.6) is 5.88 Å². The van der Waals surface area contributed by atoms with Gasteiger partial charge in [-0.25, -0.2) is 9.78 Å². The molecule has 0 fully saturated rings. The second-order valence-corrected chi connectivity index (χ2v) is 4.24. The summed E-state index contributed by atoms with van der Waals surface area (Å²) >= 11 is 0. The summed E-state index contributed by atoms with van der Waals surface area (Å²) in [5.41, 5.74) is 0.879. The van der Waals surface area contributed by atoms with E-state index in [1.54, 1.807) is 6.20 Å². The number of aromatic nitrogens is 1. The number of nitrogens with zero attached hydrogens (tertiary/aromatic N) is 1. The molecule has 1 aromatic rings. The zero-order chi connectivity index (χ0) is 14.1. The van der Waals surface area contributed by atoms with Crippen molar-refractivity contribution >= 4 is 6.03 Å². The highest BCUT2D eigenvalue weighted by molar-refractivity contribution is 5.74. The Balaban J connectivity index is 2.50. The van der Waals surface area contributed by atoms with Crippen LogP contribution in [0.1, 0.15) is 39.2 Å². The molecular formula is C14H23N3O2. The lowest BCUT2D eigenvalue weighted by atomic mass is 10.2. The van der Waals surface area contributed by atoms with Gasteiger partial charge in [-0.05, 0) is 25.8 Å². The molecule has 0 saturated heterocycles. The van der Waals surface area contributed by atoms with Crippen molar-refractivity contribution in [2.24, 2.45) is 0 Å². The lowest BCUT2D eigenvalue weighted by Gasteiger charge is -2.16. The molecule has 106 valence electrons. The Morgan fingerprint density at radius 2 is 2.11 bits per heavy atom. The summed E-state index contributed by atoms with van der Waals surface area (Å²) in [6.07, 6.45) is 3.54. The fourth-order valence-corrected chi connectivity index (χ4v) is 1.73. The fourth-order valence-electron chi connectivity index (χ4n) is 1.73. The predicted molar refractivity (Wildman–Crippen MR) is 75.1 cm³/mol. The number of carbonyl (C=O) groups is 1. The van der Waals surface area contributed by atoms with Gasteiger partial charge < -0.3 is 15.4 Å². The summed E-state index contributed by atoms with van der Waals surface area (Å²) in [6.45, 7) is 7.00. The van der Waals surface area contributed by atoms with Crippen LogP contribution in [0.4, 0.5) is 4.79 Å². The summed E-state index contributed by atoms with van der Waals surface area (Å²) in [6, 6.07) is 3.80. The minimum atomic E-state index is -0.153. The first-order valence-electron chi connectivity index (χ1n) is 6.82. The Kier molecular flexibility index (Phi) is 6.71. The third kappa shape index (κ3) is 5.16. The first-order valence-corrected chi connectivity index (χ1v) is 6.82. The first kappa shape index (κ1) is 15.3. The number of nitrogens with one attached hydrogen (secondary N) is 2. The van der Waals surface area contributed by atoms with E-state index in [1.807, 2.05) is 19.1 Å². The third-order valence-electron chi connectivity index (χ3n) is 2.89. The van der Waals surface area contributed by atoms with Gasteiger partial charge in [0.15, 0.2) is 0 Å². The topological polar surface area (TPSA) is 63.2 Å². The Morgan fingerprint density at radius 3 is 2.74 bits per heavy atom. The molecule has 19 heavy (non-hydrogen) atoms. The molecule has 5 heteroatoms. The van der Waals surface area contributed by atoms with Crippen LogP contribution in [-0.2, 0) is 6.54 Å². The molecule has 2 N–H and O–H groups in total. The number of urea groups is 1. The highest BCUT2D eigenvalue weighted by Crippen LogP contribution is 2.13. The number of amides is 2. The van der Waals surface area contributed by atoms with Crippen molar-refractivity contribution in [1.82, 2.24) is 15.6 Å². The number of rotatable bonds is 7. The van der Waals surface area contributed by atoms with Crippen molar-refractivity contribution < 1.29 is 9.53 Å². The monoisotopic (exact) mass is 265 g/mol. The van der Waals surface area contributed by atoms with Crippen LogP contribution >= 0.6 is 0 Å². The van der Waals surface area contributed by atoms with Gasteiger partial charge in [-0.2, -0.15) is 0 Å². The Labute approximate surface area is 114 Å².